The van der Waals surface area contributed by atoms with Gasteiger partial charge in [0.05, 0.1) is 8.66 Å². The quantitative estimate of drug-likeness (QED) is 0.703. The molecule has 1 aromatic heterocycles. The lowest BCUT2D eigenvalue weighted by atomic mass is 10.0. The lowest BCUT2D eigenvalue weighted by Crippen LogP contribution is -2.01. The first-order valence-electron chi connectivity index (χ1n) is 4.64. The Morgan fingerprint density at radius 1 is 1.19 bits per heavy atom. The first kappa shape index (κ1) is 12.0. The van der Waals surface area contributed by atoms with Gasteiger partial charge >= 0.3 is 0 Å². The third-order valence-electron chi connectivity index (χ3n) is 2.23. The summed E-state index contributed by atoms with van der Waals surface area (Å²) in [6.07, 6.45) is 0. The molecule has 2 aromatic rings. The molecule has 0 spiro atoms. The van der Waals surface area contributed by atoms with Crippen molar-refractivity contribution in [3.05, 3.63) is 54.6 Å². The molecule has 0 aliphatic rings. The van der Waals surface area contributed by atoms with E-state index in [0.717, 1.165) is 24.3 Å². The van der Waals surface area contributed by atoms with Crippen molar-refractivity contribution in [2.45, 2.75) is 6.92 Å². The molecule has 1 heterocycles. The predicted molar refractivity (Wildman–Crippen MR) is 74.3 cm³/mol. The Hall–Kier alpha value is -0.450. The number of benzene rings is 1. The largest absolute Gasteiger partial charge is 0.288 e. The number of hydrogen-bond donors (Lipinski definition) is 0. The molecule has 1 aromatic carbocycles. The van der Waals surface area contributed by atoms with Gasteiger partial charge in [-0.15, -0.1) is 11.3 Å². The Labute approximate surface area is 115 Å². The fourth-order valence-electron chi connectivity index (χ4n) is 1.45. The number of ketones is 1. The lowest BCUT2D eigenvalue weighted by molar-refractivity contribution is 0.104. The average molecular weight is 360 g/mol. The van der Waals surface area contributed by atoms with Gasteiger partial charge in [-0.2, -0.15) is 0 Å². The molecular weight excluding hydrogens is 352 g/mol. The highest BCUT2D eigenvalue weighted by Gasteiger charge is 2.13. The summed E-state index contributed by atoms with van der Waals surface area (Å²) in [5.41, 5.74) is 1.75. The van der Waals surface area contributed by atoms with E-state index in [2.05, 4.69) is 31.9 Å². The molecule has 0 N–H and O–H groups in total. The predicted octanol–water partition coefficient (Wildman–Crippen LogP) is 4.81. The van der Waals surface area contributed by atoms with Crippen LogP contribution in [0.25, 0.3) is 0 Å². The standard InChI is InChI=1S/C12H8Br2OS/c1-7-6-8(13)2-3-9(7)12(15)10-4-5-11(14)16-10/h2-6H,1H3. The molecule has 1 nitrogen and oxygen atoms in total. The van der Waals surface area contributed by atoms with Crippen LogP contribution in [0.3, 0.4) is 0 Å². The van der Waals surface area contributed by atoms with Crippen LogP contribution in [0.4, 0.5) is 0 Å². The highest BCUT2D eigenvalue weighted by Crippen LogP contribution is 2.26. The molecule has 82 valence electrons. The van der Waals surface area contributed by atoms with E-state index in [1.165, 1.54) is 11.3 Å². The van der Waals surface area contributed by atoms with Crippen LogP contribution in [0.15, 0.2) is 38.6 Å². The van der Waals surface area contributed by atoms with Crippen molar-refractivity contribution >= 4 is 49.0 Å². The van der Waals surface area contributed by atoms with Crippen molar-refractivity contribution in [3.8, 4) is 0 Å². The summed E-state index contributed by atoms with van der Waals surface area (Å²) < 4.78 is 1.97. The van der Waals surface area contributed by atoms with Crippen molar-refractivity contribution in [2.75, 3.05) is 0 Å². The number of carbonyl (C=O) groups excluding carboxylic acids is 1. The lowest BCUT2D eigenvalue weighted by Gasteiger charge is -2.03. The van der Waals surface area contributed by atoms with Crippen LogP contribution < -0.4 is 0 Å². The maximum Gasteiger partial charge on any atom is 0.203 e. The van der Waals surface area contributed by atoms with Crippen LogP contribution in [0.1, 0.15) is 20.8 Å². The zero-order valence-corrected chi connectivity index (χ0v) is 12.4. The number of rotatable bonds is 2. The Kier molecular flexibility index (Phi) is 3.62. The molecular formula is C12H8Br2OS. The SMILES string of the molecule is Cc1cc(Br)ccc1C(=O)c1ccc(Br)s1. The van der Waals surface area contributed by atoms with Crippen LogP contribution in [0.5, 0.6) is 0 Å². The molecule has 16 heavy (non-hydrogen) atoms. The average Bonchev–Trinajstić information content (AvgIpc) is 2.64. The van der Waals surface area contributed by atoms with E-state index in [0.29, 0.717) is 0 Å². The second-order valence-corrected chi connectivity index (χ2v) is 6.77. The molecule has 2 rings (SSSR count). The monoisotopic (exact) mass is 358 g/mol. The van der Waals surface area contributed by atoms with Crippen LogP contribution in [0.2, 0.25) is 0 Å². The third kappa shape index (κ3) is 2.44. The zero-order valence-electron chi connectivity index (χ0n) is 8.46. The van der Waals surface area contributed by atoms with Crippen molar-refractivity contribution in [1.29, 1.82) is 0 Å². The summed E-state index contributed by atoms with van der Waals surface area (Å²) in [7, 11) is 0. The van der Waals surface area contributed by atoms with Gasteiger partial charge in [0.1, 0.15) is 0 Å². The minimum atomic E-state index is 0.0840. The van der Waals surface area contributed by atoms with E-state index in [-0.39, 0.29) is 5.78 Å². The van der Waals surface area contributed by atoms with Gasteiger partial charge in [-0.1, -0.05) is 15.9 Å². The summed E-state index contributed by atoms with van der Waals surface area (Å²) in [5, 5.41) is 0. The summed E-state index contributed by atoms with van der Waals surface area (Å²) in [6.45, 7) is 1.95. The smallest absolute Gasteiger partial charge is 0.203 e. The Balaban J connectivity index is 2.41. The molecule has 4 heteroatoms. The van der Waals surface area contributed by atoms with E-state index < -0.39 is 0 Å². The van der Waals surface area contributed by atoms with Gasteiger partial charge in [0.25, 0.3) is 0 Å². The van der Waals surface area contributed by atoms with Crippen LogP contribution in [-0.4, -0.2) is 5.78 Å². The highest BCUT2D eigenvalue weighted by molar-refractivity contribution is 9.11. The number of carbonyl (C=O) groups is 1. The Bertz CT molecular complexity index is 546. The van der Waals surface area contributed by atoms with Crippen LogP contribution in [0, 0.1) is 6.92 Å². The second-order valence-electron chi connectivity index (χ2n) is 3.39. The van der Waals surface area contributed by atoms with Crippen molar-refractivity contribution in [1.82, 2.24) is 0 Å². The number of thiophene rings is 1. The highest BCUT2D eigenvalue weighted by atomic mass is 79.9. The van der Waals surface area contributed by atoms with Gasteiger partial charge in [-0.3, -0.25) is 4.79 Å². The molecule has 0 atom stereocenters. The summed E-state index contributed by atoms with van der Waals surface area (Å²) in [5.74, 6) is 0.0840. The molecule has 0 amide bonds. The molecule has 0 fully saturated rings. The number of halogens is 2. The van der Waals surface area contributed by atoms with E-state index in [4.69, 9.17) is 0 Å². The van der Waals surface area contributed by atoms with Crippen LogP contribution in [-0.2, 0) is 0 Å². The summed E-state index contributed by atoms with van der Waals surface area (Å²) >= 11 is 8.21. The fraction of sp³-hybridized carbons (Fsp3) is 0.0833. The fourth-order valence-corrected chi connectivity index (χ4v) is 3.27. The van der Waals surface area contributed by atoms with Crippen molar-refractivity contribution < 1.29 is 4.79 Å². The number of hydrogen-bond acceptors (Lipinski definition) is 2. The first-order valence-corrected chi connectivity index (χ1v) is 7.04. The molecule has 0 aliphatic heterocycles. The second kappa shape index (κ2) is 4.82. The molecule has 0 saturated carbocycles. The van der Waals surface area contributed by atoms with Crippen LogP contribution >= 0.6 is 43.2 Å². The van der Waals surface area contributed by atoms with Gasteiger partial charge in [0, 0.05) is 10.0 Å². The van der Waals surface area contributed by atoms with Gasteiger partial charge in [0.2, 0.25) is 5.78 Å². The summed E-state index contributed by atoms with van der Waals surface area (Å²) in [6, 6.07) is 9.44. The van der Waals surface area contributed by atoms with Gasteiger partial charge < -0.3 is 0 Å². The number of aryl methyl sites for hydroxylation is 1. The maximum atomic E-state index is 12.2. The van der Waals surface area contributed by atoms with Gasteiger partial charge in [0.15, 0.2) is 0 Å². The first-order chi connectivity index (χ1) is 7.58. The van der Waals surface area contributed by atoms with E-state index in [9.17, 15) is 4.79 Å². The third-order valence-corrected chi connectivity index (χ3v) is 4.35. The topological polar surface area (TPSA) is 17.1 Å². The minimum absolute atomic E-state index is 0.0840. The van der Waals surface area contributed by atoms with Crippen molar-refractivity contribution in [2.24, 2.45) is 0 Å². The van der Waals surface area contributed by atoms with Gasteiger partial charge in [-0.25, -0.2) is 0 Å². The molecule has 0 aliphatic carbocycles. The molecule has 0 bridgehead atoms. The van der Waals surface area contributed by atoms with E-state index >= 15 is 0 Å². The normalized spacial score (nSPS) is 10.4. The summed E-state index contributed by atoms with van der Waals surface area (Å²) in [4.78, 5) is 12.9. The van der Waals surface area contributed by atoms with E-state index in [1.54, 1.807) is 0 Å². The Morgan fingerprint density at radius 2 is 1.94 bits per heavy atom. The van der Waals surface area contributed by atoms with E-state index in [1.807, 2.05) is 37.3 Å². The van der Waals surface area contributed by atoms with Gasteiger partial charge in [-0.05, 0) is 58.7 Å². The Morgan fingerprint density at radius 3 is 2.50 bits per heavy atom. The minimum Gasteiger partial charge on any atom is -0.288 e. The molecule has 0 unspecified atom stereocenters. The maximum absolute atomic E-state index is 12.2. The molecule has 0 saturated heterocycles. The van der Waals surface area contributed by atoms with Crippen molar-refractivity contribution in [3.63, 3.8) is 0 Å². The zero-order chi connectivity index (χ0) is 11.7. The molecule has 0 radical (unpaired) electrons.